The Balaban J connectivity index is 2.25. The van der Waals surface area contributed by atoms with Crippen LogP contribution in [0.15, 0.2) is 11.1 Å². The molecule has 2 rings (SSSR count). The van der Waals surface area contributed by atoms with Gasteiger partial charge in [0.15, 0.2) is 0 Å². The molecule has 0 amide bonds. The zero-order valence-electron chi connectivity index (χ0n) is 10.7. The molecule has 2 aliphatic carbocycles. The van der Waals surface area contributed by atoms with Crippen LogP contribution in [0.4, 0.5) is 0 Å². The van der Waals surface area contributed by atoms with Crippen molar-refractivity contribution in [2.45, 2.75) is 72.1 Å². The zero-order chi connectivity index (χ0) is 10.9. The monoisotopic (exact) mass is 206 g/mol. The molecule has 0 bridgehead atoms. The predicted molar refractivity (Wildman–Crippen MR) is 66.9 cm³/mol. The molecule has 15 heavy (non-hydrogen) atoms. The number of rotatable bonds is 1. The van der Waals surface area contributed by atoms with Gasteiger partial charge in [0.2, 0.25) is 0 Å². The zero-order valence-corrected chi connectivity index (χ0v) is 10.7. The summed E-state index contributed by atoms with van der Waals surface area (Å²) in [5, 5.41) is 0. The number of hydrogen-bond acceptors (Lipinski definition) is 0. The van der Waals surface area contributed by atoms with Crippen LogP contribution in [0.1, 0.15) is 72.1 Å². The van der Waals surface area contributed by atoms with Gasteiger partial charge < -0.3 is 0 Å². The lowest BCUT2D eigenvalue weighted by molar-refractivity contribution is 0.319. The minimum absolute atomic E-state index is 0.597. The highest BCUT2D eigenvalue weighted by molar-refractivity contribution is 5.29. The highest BCUT2D eigenvalue weighted by Crippen LogP contribution is 2.51. The van der Waals surface area contributed by atoms with Crippen LogP contribution >= 0.6 is 0 Å². The fraction of sp³-hybridized carbons (Fsp3) is 0.867. The van der Waals surface area contributed by atoms with Gasteiger partial charge >= 0.3 is 0 Å². The largest absolute Gasteiger partial charge is 0.0679 e. The van der Waals surface area contributed by atoms with E-state index in [2.05, 4.69) is 20.8 Å². The first-order valence-corrected chi connectivity index (χ1v) is 6.86. The van der Waals surface area contributed by atoms with E-state index in [-0.39, 0.29) is 0 Å². The molecular formula is C15H26. The van der Waals surface area contributed by atoms with Gasteiger partial charge in [0.25, 0.3) is 0 Å². The van der Waals surface area contributed by atoms with Crippen LogP contribution in [-0.4, -0.2) is 0 Å². The van der Waals surface area contributed by atoms with E-state index < -0.39 is 0 Å². The first kappa shape index (κ1) is 11.2. The van der Waals surface area contributed by atoms with Gasteiger partial charge in [0, 0.05) is 0 Å². The first-order valence-electron chi connectivity index (χ1n) is 6.86. The van der Waals surface area contributed by atoms with Crippen molar-refractivity contribution in [3.63, 3.8) is 0 Å². The topological polar surface area (TPSA) is 0 Å². The minimum Gasteiger partial charge on any atom is -0.0679 e. The second-order valence-corrected chi connectivity index (χ2v) is 6.13. The minimum atomic E-state index is 0.597. The molecule has 86 valence electrons. The maximum Gasteiger partial charge on any atom is -0.0111 e. The summed E-state index contributed by atoms with van der Waals surface area (Å²) in [4.78, 5) is 0. The van der Waals surface area contributed by atoms with Crippen LogP contribution in [0.5, 0.6) is 0 Å². The van der Waals surface area contributed by atoms with E-state index in [0.717, 1.165) is 5.92 Å². The molecule has 1 unspecified atom stereocenters. The van der Waals surface area contributed by atoms with E-state index in [1.54, 1.807) is 0 Å². The molecule has 0 saturated heterocycles. The number of allylic oxidation sites excluding steroid dienone is 2. The normalized spacial score (nSPS) is 32.8. The molecule has 0 N–H and O–H groups in total. The van der Waals surface area contributed by atoms with Gasteiger partial charge in [-0.3, -0.25) is 0 Å². The van der Waals surface area contributed by atoms with E-state index in [1.807, 2.05) is 11.1 Å². The lowest BCUT2D eigenvalue weighted by Crippen LogP contribution is -2.17. The van der Waals surface area contributed by atoms with Crippen LogP contribution in [0.25, 0.3) is 0 Å². The summed E-state index contributed by atoms with van der Waals surface area (Å²) in [5.41, 5.74) is 4.29. The van der Waals surface area contributed by atoms with Crippen molar-refractivity contribution in [2.24, 2.45) is 11.3 Å². The second-order valence-electron chi connectivity index (χ2n) is 6.13. The summed E-state index contributed by atoms with van der Waals surface area (Å²) in [7, 11) is 0. The Bertz CT molecular complexity index is 259. The summed E-state index contributed by atoms with van der Waals surface area (Å²) in [5.74, 6) is 0.793. The third-order valence-electron chi connectivity index (χ3n) is 4.66. The molecule has 1 fully saturated rings. The Morgan fingerprint density at radius 3 is 2.40 bits per heavy atom. The van der Waals surface area contributed by atoms with Gasteiger partial charge in [0.1, 0.15) is 0 Å². The van der Waals surface area contributed by atoms with Crippen molar-refractivity contribution in [2.75, 3.05) is 0 Å². The molecule has 0 heterocycles. The Morgan fingerprint density at radius 2 is 1.67 bits per heavy atom. The van der Waals surface area contributed by atoms with E-state index in [9.17, 15) is 0 Å². The molecule has 0 nitrogen and oxygen atoms in total. The lowest BCUT2D eigenvalue weighted by Gasteiger charge is -2.31. The predicted octanol–water partition coefficient (Wildman–Crippen LogP) is 5.09. The number of fused-ring (bicyclic) bond motifs is 1. The van der Waals surface area contributed by atoms with Gasteiger partial charge in [-0.25, -0.2) is 0 Å². The molecule has 0 aromatic rings. The van der Waals surface area contributed by atoms with Crippen LogP contribution < -0.4 is 0 Å². The molecule has 0 aromatic heterocycles. The Hall–Kier alpha value is -0.260. The highest BCUT2D eigenvalue weighted by atomic mass is 14.4. The molecule has 0 heteroatoms. The summed E-state index contributed by atoms with van der Waals surface area (Å²) in [6.07, 6.45) is 11.5. The molecular weight excluding hydrogens is 180 g/mol. The standard InChI is InChI=1S/C15H26/c1-12(2)13-9-11-15(3)10-7-5-4-6-8-14(13)15/h12H,4-11H2,1-3H3. The maximum absolute atomic E-state index is 2.53. The van der Waals surface area contributed by atoms with E-state index >= 15 is 0 Å². The van der Waals surface area contributed by atoms with Crippen molar-refractivity contribution in [1.29, 1.82) is 0 Å². The van der Waals surface area contributed by atoms with Crippen molar-refractivity contribution in [3.05, 3.63) is 11.1 Å². The Labute approximate surface area is 95.1 Å². The Kier molecular flexibility index (Phi) is 3.23. The lowest BCUT2D eigenvalue weighted by atomic mass is 9.74. The molecule has 0 spiro atoms. The fourth-order valence-electron chi connectivity index (χ4n) is 3.65. The van der Waals surface area contributed by atoms with Crippen molar-refractivity contribution in [1.82, 2.24) is 0 Å². The van der Waals surface area contributed by atoms with Crippen molar-refractivity contribution >= 4 is 0 Å². The van der Waals surface area contributed by atoms with Gasteiger partial charge in [-0.15, -0.1) is 0 Å². The Morgan fingerprint density at radius 1 is 0.933 bits per heavy atom. The van der Waals surface area contributed by atoms with Crippen molar-refractivity contribution in [3.8, 4) is 0 Å². The van der Waals surface area contributed by atoms with Crippen LogP contribution in [0.2, 0.25) is 0 Å². The summed E-state index contributed by atoms with van der Waals surface area (Å²) < 4.78 is 0. The van der Waals surface area contributed by atoms with E-state index in [1.165, 1.54) is 51.4 Å². The summed E-state index contributed by atoms with van der Waals surface area (Å²) >= 11 is 0. The molecule has 0 aromatic carbocycles. The van der Waals surface area contributed by atoms with Gasteiger partial charge in [0.05, 0.1) is 0 Å². The number of hydrogen-bond donors (Lipinski definition) is 0. The third-order valence-corrected chi connectivity index (χ3v) is 4.66. The van der Waals surface area contributed by atoms with E-state index in [0.29, 0.717) is 5.41 Å². The molecule has 1 saturated carbocycles. The van der Waals surface area contributed by atoms with Crippen LogP contribution in [-0.2, 0) is 0 Å². The van der Waals surface area contributed by atoms with Gasteiger partial charge in [-0.2, -0.15) is 0 Å². The third kappa shape index (κ3) is 2.14. The van der Waals surface area contributed by atoms with Crippen LogP contribution in [0, 0.1) is 11.3 Å². The molecule has 0 aliphatic heterocycles. The smallest absolute Gasteiger partial charge is 0.0111 e. The van der Waals surface area contributed by atoms with E-state index in [4.69, 9.17) is 0 Å². The highest BCUT2D eigenvalue weighted by Gasteiger charge is 2.36. The first-order chi connectivity index (χ1) is 7.13. The van der Waals surface area contributed by atoms with Gasteiger partial charge in [-0.1, -0.05) is 51.2 Å². The SMILES string of the molecule is CC(C)C1=C2CCCCCCC2(C)CC1. The average Bonchev–Trinajstić information content (AvgIpc) is 2.45. The quantitative estimate of drug-likeness (QED) is 0.524. The van der Waals surface area contributed by atoms with Gasteiger partial charge in [-0.05, 0) is 43.4 Å². The fourth-order valence-corrected chi connectivity index (χ4v) is 3.65. The maximum atomic E-state index is 2.53. The summed E-state index contributed by atoms with van der Waals surface area (Å²) in [6, 6.07) is 0. The molecule has 1 atom stereocenters. The molecule has 0 radical (unpaired) electrons. The summed E-state index contributed by atoms with van der Waals surface area (Å²) in [6.45, 7) is 7.29. The second kappa shape index (κ2) is 4.31. The van der Waals surface area contributed by atoms with Crippen LogP contribution in [0.3, 0.4) is 0 Å². The molecule has 2 aliphatic rings. The average molecular weight is 206 g/mol. The van der Waals surface area contributed by atoms with Crippen molar-refractivity contribution < 1.29 is 0 Å².